The number of unbranched alkanes of at least 4 members (excludes halogenated alkanes) is 16. The maximum absolute atomic E-state index is 9.84. The normalized spacial score (nSPS) is 22.1. The third-order valence-corrected chi connectivity index (χ3v) is 7.63. The van der Waals surface area contributed by atoms with E-state index in [0.717, 1.165) is 18.3 Å². The number of aliphatic hydroxyl groups excluding tert-OH is 1. The van der Waals surface area contributed by atoms with Crippen LogP contribution in [0, 0.1) is 17.8 Å². The highest BCUT2D eigenvalue weighted by molar-refractivity contribution is 4.76. The Bertz CT molecular complexity index is 350. The van der Waals surface area contributed by atoms with Gasteiger partial charge in [-0.15, -0.1) is 0 Å². The van der Waals surface area contributed by atoms with Gasteiger partial charge in [0, 0.05) is 0 Å². The van der Waals surface area contributed by atoms with Crippen LogP contribution in [0.25, 0.3) is 0 Å². The Kier molecular flexibility index (Phi) is 18.3. The smallest absolute Gasteiger partial charge is 0.0566 e. The first-order chi connectivity index (χ1) is 14.6. The maximum Gasteiger partial charge on any atom is 0.0566 e. The summed E-state index contributed by atoms with van der Waals surface area (Å²) >= 11 is 0. The molecule has 1 aliphatic rings. The van der Waals surface area contributed by atoms with E-state index in [4.69, 9.17) is 0 Å². The minimum absolute atomic E-state index is 0.0180. The zero-order valence-corrected chi connectivity index (χ0v) is 21.3. The van der Waals surface area contributed by atoms with Crippen molar-refractivity contribution in [3.8, 4) is 0 Å². The molecule has 0 radical (unpaired) electrons. The molecule has 1 nitrogen and oxygen atoms in total. The quantitative estimate of drug-likeness (QED) is 0.193. The predicted octanol–water partition coefficient (Wildman–Crippen LogP) is 9.85. The molecule has 1 heteroatoms. The van der Waals surface area contributed by atoms with Crippen molar-refractivity contribution in [1.82, 2.24) is 0 Å². The lowest BCUT2D eigenvalue weighted by atomic mass is 9.78. The van der Waals surface area contributed by atoms with Gasteiger partial charge in [-0.2, -0.15) is 0 Å². The lowest BCUT2D eigenvalue weighted by molar-refractivity contribution is 0.0548. The van der Waals surface area contributed by atoms with Crippen LogP contribution in [0.3, 0.4) is 0 Å². The van der Waals surface area contributed by atoms with Gasteiger partial charge in [-0.25, -0.2) is 0 Å². The standard InChI is InChI=1S/C29H58O/c1-26(2)21-19-17-15-13-11-9-7-5-4-6-8-10-12-14-16-18-20-22-28-23-24-29(30)27(3)25-28/h26-30H,4-25H2,1-3H3. The van der Waals surface area contributed by atoms with E-state index in [-0.39, 0.29) is 6.10 Å². The molecule has 180 valence electrons. The SMILES string of the molecule is CC(C)CCCCCCCCCCCCCCCCCCCC1CCC(O)C(C)C1. The van der Waals surface area contributed by atoms with E-state index in [0.29, 0.717) is 5.92 Å². The molecule has 0 aromatic carbocycles. The van der Waals surface area contributed by atoms with E-state index in [1.54, 1.807) is 0 Å². The fraction of sp³-hybridized carbons (Fsp3) is 1.00. The average Bonchev–Trinajstić information content (AvgIpc) is 2.72. The molecule has 3 atom stereocenters. The molecule has 0 aliphatic heterocycles. The first-order valence-corrected chi connectivity index (χ1v) is 14.3. The van der Waals surface area contributed by atoms with Crippen molar-refractivity contribution in [3.05, 3.63) is 0 Å². The minimum atomic E-state index is -0.0180. The molecule has 1 fully saturated rings. The predicted molar refractivity (Wildman–Crippen MR) is 135 cm³/mol. The summed E-state index contributed by atoms with van der Waals surface area (Å²) in [6, 6.07) is 0. The lowest BCUT2D eigenvalue weighted by Crippen LogP contribution is -2.26. The molecule has 0 amide bonds. The van der Waals surface area contributed by atoms with E-state index >= 15 is 0 Å². The van der Waals surface area contributed by atoms with Crippen LogP contribution in [0.5, 0.6) is 0 Å². The highest BCUT2D eigenvalue weighted by Gasteiger charge is 2.25. The first-order valence-electron chi connectivity index (χ1n) is 14.3. The van der Waals surface area contributed by atoms with Gasteiger partial charge in [-0.3, -0.25) is 0 Å². The number of hydrogen-bond acceptors (Lipinski definition) is 1. The van der Waals surface area contributed by atoms with E-state index in [1.807, 2.05) is 0 Å². The van der Waals surface area contributed by atoms with E-state index in [9.17, 15) is 5.11 Å². The molecule has 1 rings (SSSR count). The summed E-state index contributed by atoms with van der Waals surface area (Å²) in [7, 11) is 0. The van der Waals surface area contributed by atoms with Crippen molar-refractivity contribution in [3.63, 3.8) is 0 Å². The van der Waals surface area contributed by atoms with E-state index < -0.39 is 0 Å². The largest absolute Gasteiger partial charge is 0.393 e. The number of rotatable bonds is 20. The summed E-state index contributed by atoms with van der Waals surface area (Å²) in [6.07, 6.45) is 31.3. The highest BCUT2D eigenvalue weighted by Crippen LogP contribution is 2.32. The Balaban J connectivity index is 1.69. The molecule has 30 heavy (non-hydrogen) atoms. The summed E-state index contributed by atoms with van der Waals surface area (Å²) in [5.74, 6) is 2.33. The average molecular weight is 423 g/mol. The van der Waals surface area contributed by atoms with Crippen molar-refractivity contribution in [1.29, 1.82) is 0 Å². The van der Waals surface area contributed by atoms with Gasteiger partial charge in [-0.1, -0.05) is 143 Å². The van der Waals surface area contributed by atoms with Crippen molar-refractivity contribution in [2.24, 2.45) is 17.8 Å². The zero-order chi connectivity index (χ0) is 21.9. The molecule has 0 aromatic heterocycles. The summed E-state index contributed by atoms with van der Waals surface area (Å²) in [5.41, 5.74) is 0. The van der Waals surface area contributed by atoms with Crippen LogP contribution >= 0.6 is 0 Å². The third kappa shape index (κ3) is 16.6. The summed E-state index contributed by atoms with van der Waals surface area (Å²) in [5, 5.41) is 9.84. The van der Waals surface area contributed by atoms with Gasteiger partial charge in [0.25, 0.3) is 0 Å². The number of hydrogen-bond donors (Lipinski definition) is 1. The number of aliphatic hydroxyl groups is 1. The second-order valence-electron chi connectivity index (χ2n) is 11.2. The Morgan fingerprint density at radius 3 is 1.40 bits per heavy atom. The lowest BCUT2D eigenvalue weighted by Gasteiger charge is -2.31. The summed E-state index contributed by atoms with van der Waals surface area (Å²) in [4.78, 5) is 0. The van der Waals surface area contributed by atoms with Crippen molar-refractivity contribution in [2.75, 3.05) is 0 Å². The van der Waals surface area contributed by atoms with Gasteiger partial charge >= 0.3 is 0 Å². The first kappa shape index (κ1) is 28.0. The topological polar surface area (TPSA) is 20.2 Å². The molecular formula is C29H58O. The van der Waals surface area contributed by atoms with Gasteiger partial charge < -0.3 is 5.11 Å². The Labute approximate surface area is 191 Å². The van der Waals surface area contributed by atoms with Crippen LogP contribution in [0.15, 0.2) is 0 Å². The molecule has 1 N–H and O–H groups in total. The van der Waals surface area contributed by atoms with Gasteiger partial charge in [0.05, 0.1) is 6.10 Å². The second-order valence-corrected chi connectivity index (χ2v) is 11.2. The molecule has 0 bridgehead atoms. The van der Waals surface area contributed by atoms with E-state index in [1.165, 1.54) is 135 Å². The van der Waals surface area contributed by atoms with Crippen LogP contribution in [0.4, 0.5) is 0 Å². The van der Waals surface area contributed by atoms with Gasteiger partial charge in [0.15, 0.2) is 0 Å². The second kappa shape index (κ2) is 19.6. The highest BCUT2D eigenvalue weighted by atomic mass is 16.3. The monoisotopic (exact) mass is 422 g/mol. The molecule has 0 heterocycles. The fourth-order valence-electron chi connectivity index (χ4n) is 5.39. The molecule has 0 saturated heterocycles. The van der Waals surface area contributed by atoms with Crippen LogP contribution in [-0.2, 0) is 0 Å². The van der Waals surface area contributed by atoms with Crippen LogP contribution in [0.2, 0.25) is 0 Å². The van der Waals surface area contributed by atoms with Crippen molar-refractivity contribution in [2.45, 2.75) is 168 Å². The van der Waals surface area contributed by atoms with Crippen molar-refractivity contribution < 1.29 is 5.11 Å². The van der Waals surface area contributed by atoms with Gasteiger partial charge in [-0.05, 0) is 37.0 Å². The molecule has 1 saturated carbocycles. The Morgan fingerprint density at radius 2 is 1.00 bits per heavy atom. The third-order valence-electron chi connectivity index (χ3n) is 7.63. The molecule has 1 aliphatic carbocycles. The fourth-order valence-corrected chi connectivity index (χ4v) is 5.39. The maximum atomic E-state index is 9.84. The summed E-state index contributed by atoms with van der Waals surface area (Å²) in [6.45, 7) is 6.91. The zero-order valence-electron chi connectivity index (χ0n) is 21.3. The van der Waals surface area contributed by atoms with Crippen LogP contribution < -0.4 is 0 Å². The molecule has 0 aromatic rings. The van der Waals surface area contributed by atoms with Crippen LogP contribution in [0.1, 0.15) is 162 Å². The molecule has 0 spiro atoms. The van der Waals surface area contributed by atoms with Crippen molar-refractivity contribution >= 4 is 0 Å². The van der Waals surface area contributed by atoms with Gasteiger partial charge in [0.2, 0.25) is 0 Å². The molecular weight excluding hydrogens is 364 g/mol. The van der Waals surface area contributed by atoms with E-state index in [2.05, 4.69) is 20.8 Å². The van der Waals surface area contributed by atoms with Crippen LogP contribution in [-0.4, -0.2) is 11.2 Å². The summed E-state index contributed by atoms with van der Waals surface area (Å²) < 4.78 is 0. The van der Waals surface area contributed by atoms with Gasteiger partial charge in [0.1, 0.15) is 0 Å². The Morgan fingerprint density at radius 1 is 0.600 bits per heavy atom. The Hall–Kier alpha value is -0.0400. The molecule has 3 unspecified atom stereocenters. The minimum Gasteiger partial charge on any atom is -0.393 e.